The van der Waals surface area contributed by atoms with Crippen molar-refractivity contribution in [1.29, 1.82) is 0 Å². The molecule has 1 aromatic heterocycles. The molecule has 1 heterocycles. The number of methoxy groups -OCH3 is 3. The van der Waals surface area contributed by atoms with E-state index in [1.165, 1.54) is 0 Å². The molecule has 3 rings (SSSR count). The van der Waals surface area contributed by atoms with E-state index < -0.39 is 0 Å². The average Bonchev–Trinajstić information content (AvgIpc) is 3.21. The van der Waals surface area contributed by atoms with Crippen molar-refractivity contribution in [2.75, 3.05) is 26.6 Å². The van der Waals surface area contributed by atoms with E-state index in [0.29, 0.717) is 35.3 Å². The van der Waals surface area contributed by atoms with Gasteiger partial charge in [0, 0.05) is 24.1 Å². The summed E-state index contributed by atoms with van der Waals surface area (Å²) in [5.74, 6) is 2.58. The van der Waals surface area contributed by atoms with Crippen molar-refractivity contribution in [3.05, 3.63) is 48.4 Å². The van der Waals surface area contributed by atoms with Crippen LogP contribution in [-0.2, 0) is 11.2 Å². The number of rotatable bonds is 8. The highest BCUT2D eigenvalue weighted by Gasteiger charge is 2.13. The highest BCUT2D eigenvalue weighted by molar-refractivity contribution is 5.90. The first-order chi connectivity index (χ1) is 13.6. The zero-order valence-corrected chi connectivity index (χ0v) is 15.9. The summed E-state index contributed by atoms with van der Waals surface area (Å²) in [6.45, 7) is 0. The van der Waals surface area contributed by atoms with Gasteiger partial charge in [-0.25, -0.2) is 0 Å². The number of aromatic nitrogens is 2. The Balaban J connectivity index is 1.59. The minimum Gasteiger partial charge on any atom is -0.497 e. The normalized spacial score (nSPS) is 10.4. The van der Waals surface area contributed by atoms with E-state index in [1.54, 1.807) is 57.7 Å². The molecule has 0 aliphatic carbocycles. The van der Waals surface area contributed by atoms with Crippen LogP contribution >= 0.6 is 0 Å². The number of amides is 1. The first-order valence-electron chi connectivity index (χ1n) is 8.62. The van der Waals surface area contributed by atoms with Crippen LogP contribution in [0, 0.1) is 0 Å². The van der Waals surface area contributed by atoms with Gasteiger partial charge in [0.1, 0.15) is 5.75 Å². The standard InChI is InChI=1S/C20H21N3O5/c1-25-15-7-5-14(6-8-15)21-18(24)10-11-19-22-20(23-28-19)13-4-9-16(26-2)17(12-13)27-3/h4-9,12H,10-11H2,1-3H3,(H,21,24). The molecular weight excluding hydrogens is 362 g/mol. The number of nitrogens with one attached hydrogen (secondary N) is 1. The van der Waals surface area contributed by atoms with E-state index in [9.17, 15) is 4.79 Å². The molecule has 8 heteroatoms. The van der Waals surface area contributed by atoms with Crippen LogP contribution < -0.4 is 19.5 Å². The van der Waals surface area contributed by atoms with Gasteiger partial charge < -0.3 is 24.1 Å². The summed E-state index contributed by atoms with van der Waals surface area (Å²) >= 11 is 0. The molecule has 0 saturated carbocycles. The third-order valence-corrected chi connectivity index (χ3v) is 4.05. The van der Waals surface area contributed by atoms with Gasteiger partial charge in [-0.15, -0.1) is 0 Å². The predicted molar refractivity (Wildman–Crippen MR) is 103 cm³/mol. The fraction of sp³-hybridized carbons (Fsp3) is 0.250. The molecule has 1 amide bonds. The van der Waals surface area contributed by atoms with Gasteiger partial charge in [0.2, 0.25) is 17.6 Å². The second-order valence-corrected chi connectivity index (χ2v) is 5.86. The fourth-order valence-corrected chi connectivity index (χ4v) is 2.57. The molecule has 8 nitrogen and oxygen atoms in total. The molecule has 0 unspecified atom stereocenters. The van der Waals surface area contributed by atoms with Gasteiger partial charge in [0.25, 0.3) is 0 Å². The lowest BCUT2D eigenvalue weighted by atomic mass is 10.2. The number of carbonyl (C=O) groups excluding carboxylic acids is 1. The van der Waals surface area contributed by atoms with Crippen molar-refractivity contribution in [2.24, 2.45) is 0 Å². The topological polar surface area (TPSA) is 95.7 Å². The zero-order chi connectivity index (χ0) is 19.9. The fourth-order valence-electron chi connectivity index (χ4n) is 2.57. The van der Waals surface area contributed by atoms with Crippen molar-refractivity contribution in [3.63, 3.8) is 0 Å². The van der Waals surface area contributed by atoms with Crippen LogP contribution in [0.3, 0.4) is 0 Å². The van der Waals surface area contributed by atoms with Crippen LogP contribution in [0.4, 0.5) is 5.69 Å². The molecule has 0 radical (unpaired) electrons. The SMILES string of the molecule is COc1ccc(NC(=O)CCc2nc(-c3ccc(OC)c(OC)c3)no2)cc1. The first-order valence-corrected chi connectivity index (χ1v) is 8.62. The Kier molecular flexibility index (Phi) is 6.11. The van der Waals surface area contributed by atoms with Crippen molar-refractivity contribution < 1.29 is 23.5 Å². The van der Waals surface area contributed by atoms with E-state index in [1.807, 2.05) is 6.07 Å². The molecule has 0 saturated heterocycles. The van der Waals surface area contributed by atoms with Crippen LogP contribution in [0.5, 0.6) is 17.2 Å². The van der Waals surface area contributed by atoms with Gasteiger partial charge in [0.15, 0.2) is 11.5 Å². The number of benzene rings is 2. The number of ether oxygens (including phenoxy) is 3. The van der Waals surface area contributed by atoms with Gasteiger partial charge in [-0.1, -0.05) is 5.16 Å². The van der Waals surface area contributed by atoms with Gasteiger partial charge in [-0.05, 0) is 42.5 Å². The van der Waals surface area contributed by atoms with E-state index in [-0.39, 0.29) is 12.3 Å². The number of aryl methyl sites for hydroxylation is 1. The summed E-state index contributed by atoms with van der Waals surface area (Å²) in [5.41, 5.74) is 1.43. The molecule has 0 aliphatic rings. The highest BCUT2D eigenvalue weighted by Crippen LogP contribution is 2.31. The minimum absolute atomic E-state index is 0.143. The van der Waals surface area contributed by atoms with Crippen molar-refractivity contribution in [3.8, 4) is 28.6 Å². The van der Waals surface area contributed by atoms with E-state index >= 15 is 0 Å². The third-order valence-electron chi connectivity index (χ3n) is 4.05. The number of carbonyl (C=O) groups is 1. The first kappa shape index (κ1) is 19.2. The van der Waals surface area contributed by atoms with E-state index in [2.05, 4.69) is 15.5 Å². The lowest BCUT2D eigenvalue weighted by molar-refractivity contribution is -0.116. The summed E-state index contributed by atoms with van der Waals surface area (Å²) in [7, 11) is 4.72. The molecule has 2 aromatic carbocycles. The Morgan fingerprint density at radius 3 is 2.43 bits per heavy atom. The lowest BCUT2D eigenvalue weighted by Crippen LogP contribution is -2.12. The summed E-state index contributed by atoms with van der Waals surface area (Å²) < 4.78 is 20.8. The number of hydrogen-bond acceptors (Lipinski definition) is 7. The molecule has 1 N–H and O–H groups in total. The van der Waals surface area contributed by atoms with Gasteiger partial charge in [0.05, 0.1) is 21.3 Å². The largest absolute Gasteiger partial charge is 0.497 e. The highest BCUT2D eigenvalue weighted by atomic mass is 16.5. The van der Waals surface area contributed by atoms with Crippen LogP contribution in [0.1, 0.15) is 12.3 Å². The summed E-state index contributed by atoms with van der Waals surface area (Å²) in [6, 6.07) is 12.5. The molecule has 28 heavy (non-hydrogen) atoms. The Hall–Kier alpha value is -3.55. The smallest absolute Gasteiger partial charge is 0.227 e. The number of nitrogens with zero attached hydrogens (tertiary/aromatic N) is 2. The molecule has 3 aromatic rings. The van der Waals surface area contributed by atoms with Crippen molar-refractivity contribution in [1.82, 2.24) is 10.1 Å². The van der Waals surface area contributed by atoms with Crippen LogP contribution in [0.2, 0.25) is 0 Å². The van der Waals surface area contributed by atoms with Crippen LogP contribution in [0.15, 0.2) is 47.0 Å². The minimum atomic E-state index is -0.143. The van der Waals surface area contributed by atoms with Crippen molar-refractivity contribution in [2.45, 2.75) is 12.8 Å². The number of anilines is 1. The molecule has 0 atom stereocenters. The second-order valence-electron chi connectivity index (χ2n) is 5.86. The van der Waals surface area contributed by atoms with Crippen molar-refractivity contribution >= 4 is 11.6 Å². The summed E-state index contributed by atoms with van der Waals surface area (Å²) in [4.78, 5) is 16.5. The summed E-state index contributed by atoms with van der Waals surface area (Å²) in [6.07, 6.45) is 0.557. The molecule has 0 spiro atoms. The van der Waals surface area contributed by atoms with Crippen LogP contribution in [0.25, 0.3) is 11.4 Å². The molecular formula is C20H21N3O5. The van der Waals surface area contributed by atoms with Gasteiger partial charge in [-0.3, -0.25) is 4.79 Å². The lowest BCUT2D eigenvalue weighted by Gasteiger charge is -2.07. The quantitative estimate of drug-likeness (QED) is 0.637. The Bertz CT molecular complexity index is 937. The third kappa shape index (κ3) is 4.59. The maximum Gasteiger partial charge on any atom is 0.227 e. The predicted octanol–water partition coefficient (Wildman–Crippen LogP) is 3.33. The monoisotopic (exact) mass is 383 g/mol. The summed E-state index contributed by atoms with van der Waals surface area (Å²) in [5, 5.41) is 6.79. The van der Waals surface area contributed by atoms with E-state index in [0.717, 1.165) is 11.3 Å². The Labute approximate surface area is 162 Å². The second kappa shape index (κ2) is 8.90. The maximum absolute atomic E-state index is 12.1. The van der Waals surface area contributed by atoms with Gasteiger partial charge in [-0.2, -0.15) is 4.98 Å². The molecule has 0 bridgehead atoms. The molecule has 0 aliphatic heterocycles. The van der Waals surface area contributed by atoms with E-state index in [4.69, 9.17) is 18.7 Å². The Morgan fingerprint density at radius 1 is 1.00 bits per heavy atom. The average molecular weight is 383 g/mol. The van der Waals surface area contributed by atoms with Gasteiger partial charge >= 0.3 is 0 Å². The number of hydrogen-bond donors (Lipinski definition) is 1. The molecule has 0 fully saturated rings. The maximum atomic E-state index is 12.1. The van der Waals surface area contributed by atoms with Crippen LogP contribution in [-0.4, -0.2) is 37.4 Å². The molecule has 146 valence electrons. The zero-order valence-electron chi connectivity index (χ0n) is 15.9. The Morgan fingerprint density at radius 2 is 1.75 bits per heavy atom.